The second-order valence-electron chi connectivity index (χ2n) is 6.24. The van der Waals surface area contributed by atoms with E-state index in [1.165, 1.54) is 0 Å². The van der Waals surface area contributed by atoms with Crippen molar-refractivity contribution in [2.75, 3.05) is 6.61 Å². The molecule has 23 heavy (non-hydrogen) atoms. The van der Waals surface area contributed by atoms with Crippen LogP contribution in [-0.4, -0.2) is 38.4 Å². The Bertz CT molecular complexity index is 675. The van der Waals surface area contributed by atoms with Gasteiger partial charge in [0, 0.05) is 49.4 Å². The predicted molar refractivity (Wildman–Crippen MR) is 86.7 cm³/mol. The van der Waals surface area contributed by atoms with Crippen LogP contribution < -0.4 is 5.32 Å². The van der Waals surface area contributed by atoms with Gasteiger partial charge in [-0.05, 0) is 37.7 Å². The summed E-state index contributed by atoms with van der Waals surface area (Å²) in [5.41, 5.74) is 2.39. The number of hydrogen-bond donors (Lipinski definition) is 2. The number of pyridine rings is 1. The van der Waals surface area contributed by atoms with Gasteiger partial charge in [0.1, 0.15) is 0 Å². The Balaban J connectivity index is 1.66. The summed E-state index contributed by atoms with van der Waals surface area (Å²) in [7, 11) is 1.86. The highest BCUT2D eigenvalue weighted by molar-refractivity contribution is 5.95. The highest BCUT2D eigenvalue weighted by atomic mass is 16.3. The highest BCUT2D eigenvalue weighted by Crippen LogP contribution is 2.24. The van der Waals surface area contributed by atoms with E-state index in [-0.39, 0.29) is 18.6 Å². The van der Waals surface area contributed by atoms with Crippen LogP contribution >= 0.6 is 0 Å². The van der Waals surface area contributed by atoms with Gasteiger partial charge in [-0.1, -0.05) is 0 Å². The summed E-state index contributed by atoms with van der Waals surface area (Å²) < 4.78 is 1.72. The Morgan fingerprint density at radius 2 is 2.04 bits per heavy atom. The number of carbonyl (C=O) groups is 1. The molecule has 0 aromatic carbocycles. The largest absolute Gasteiger partial charge is 0.396 e. The molecule has 1 amide bonds. The molecule has 2 aromatic heterocycles. The van der Waals surface area contributed by atoms with Crippen LogP contribution in [0.4, 0.5) is 0 Å². The van der Waals surface area contributed by atoms with Gasteiger partial charge in [0.05, 0.1) is 11.8 Å². The fraction of sp³-hybridized carbons (Fsp3) is 0.471. The van der Waals surface area contributed by atoms with Gasteiger partial charge >= 0.3 is 0 Å². The summed E-state index contributed by atoms with van der Waals surface area (Å²) in [6.07, 6.45) is 10.8. The number of hydrogen-bond acceptors (Lipinski definition) is 4. The van der Waals surface area contributed by atoms with E-state index in [9.17, 15) is 9.90 Å². The number of aryl methyl sites for hydroxylation is 1. The Morgan fingerprint density at radius 3 is 2.70 bits per heavy atom. The number of aromatic nitrogens is 3. The molecule has 0 aliphatic heterocycles. The van der Waals surface area contributed by atoms with Gasteiger partial charge in [-0.25, -0.2) is 0 Å². The van der Waals surface area contributed by atoms with Crippen molar-refractivity contribution in [2.45, 2.75) is 31.7 Å². The molecule has 1 saturated carbocycles. The number of rotatable bonds is 4. The van der Waals surface area contributed by atoms with Gasteiger partial charge in [0.25, 0.3) is 5.91 Å². The smallest absolute Gasteiger partial charge is 0.253 e. The van der Waals surface area contributed by atoms with Crippen molar-refractivity contribution in [3.8, 4) is 11.1 Å². The van der Waals surface area contributed by atoms with Crippen molar-refractivity contribution in [1.29, 1.82) is 0 Å². The van der Waals surface area contributed by atoms with Crippen molar-refractivity contribution in [2.24, 2.45) is 13.0 Å². The van der Waals surface area contributed by atoms with E-state index in [0.29, 0.717) is 11.5 Å². The van der Waals surface area contributed by atoms with Crippen LogP contribution in [0.15, 0.2) is 30.9 Å². The monoisotopic (exact) mass is 314 g/mol. The zero-order chi connectivity index (χ0) is 16.2. The van der Waals surface area contributed by atoms with Crippen molar-refractivity contribution >= 4 is 5.91 Å². The second-order valence-corrected chi connectivity index (χ2v) is 6.24. The Kier molecular flexibility index (Phi) is 4.71. The lowest BCUT2D eigenvalue weighted by Crippen LogP contribution is -2.38. The van der Waals surface area contributed by atoms with Crippen LogP contribution in [0, 0.1) is 5.92 Å². The molecule has 0 unspecified atom stereocenters. The first-order valence-corrected chi connectivity index (χ1v) is 8.01. The fourth-order valence-electron chi connectivity index (χ4n) is 3.05. The second kappa shape index (κ2) is 6.91. The van der Waals surface area contributed by atoms with E-state index in [0.717, 1.165) is 36.8 Å². The molecule has 2 heterocycles. The Hall–Kier alpha value is -2.21. The maximum atomic E-state index is 12.4. The molecular weight excluding hydrogens is 292 g/mol. The van der Waals surface area contributed by atoms with Crippen LogP contribution in [0.2, 0.25) is 0 Å². The average molecular weight is 314 g/mol. The molecule has 2 N–H and O–H groups in total. The summed E-state index contributed by atoms with van der Waals surface area (Å²) in [5.74, 6) is 0.300. The van der Waals surface area contributed by atoms with Crippen molar-refractivity contribution in [1.82, 2.24) is 20.1 Å². The molecule has 0 atom stereocenters. The molecule has 6 heteroatoms. The molecule has 0 bridgehead atoms. The van der Waals surface area contributed by atoms with Crippen LogP contribution in [0.3, 0.4) is 0 Å². The minimum Gasteiger partial charge on any atom is -0.396 e. The molecule has 2 aromatic rings. The van der Waals surface area contributed by atoms with Crippen LogP contribution in [0.25, 0.3) is 11.1 Å². The van der Waals surface area contributed by atoms with E-state index >= 15 is 0 Å². The zero-order valence-electron chi connectivity index (χ0n) is 13.3. The van der Waals surface area contributed by atoms with E-state index < -0.39 is 0 Å². The third-order valence-electron chi connectivity index (χ3n) is 4.48. The average Bonchev–Trinajstić information content (AvgIpc) is 3.02. The molecule has 122 valence electrons. The van der Waals surface area contributed by atoms with Gasteiger partial charge in [-0.2, -0.15) is 5.10 Å². The first-order chi connectivity index (χ1) is 11.2. The summed E-state index contributed by atoms with van der Waals surface area (Å²) in [6, 6.07) is 2.03. The molecule has 0 radical (unpaired) electrons. The van der Waals surface area contributed by atoms with E-state index in [1.54, 1.807) is 23.3 Å². The lowest BCUT2D eigenvalue weighted by molar-refractivity contribution is 0.0913. The normalized spacial score (nSPS) is 21.1. The maximum Gasteiger partial charge on any atom is 0.253 e. The number of aliphatic hydroxyl groups is 1. The number of carbonyl (C=O) groups excluding carboxylic acids is 1. The van der Waals surface area contributed by atoms with E-state index in [1.807, 2.05) is 19.3 Å². The third kappa shape index (κ3) is 3.76. The third-order valence-corrected chi connectivity index (χ3v) is 4.48. The van der Waals surface area contributed by atoms with E-state index in [2.05, 4.69) is 15.4 Å². The first-order valence-electron chi connectivity index (χ1n) is 8.01. The van der Waals surface area contributed by atoms with Crippen molar-refractivity contribution in [3.63, 3.8) is 0 Å². The number of nitrogens with one attached hydrogen (secondary N) is 1. The van der Waals surface area contributed by atoms with Crippen molar-refractivity contribution in [3.05, 3.63) is 36.4 Å². The molecule has 0 spiro atoms. The summed E-state index contributed by atoms with van der Waals surface area (Å²) >= 11 is 0. The fourth-order valence-corrected chi connectivity index (χ4v) is 3.05. The first kappa shape index (κ1) is 15.7. The summed E-state index contributed by atoms with van der Waals surface area (Å²) in [4.78, 5) is 16.6. The van der Waals surface area contributed by atoms with Crippen molar-refractivity contribution < 1.29 is 9.90 Å². The standard InChI is InChI=1S/C17H22N4O2/c1-21-10-15(9-19-21)13-6-14(8-18-7-13)17(23)20-16-4-2-12(11-22)3-5-16/h6-10,12,16,22H,2-5,11H2,1H3,(H,20,23). The van der Waals surface area contributed by atoms with E-state index in [4.69, 9.17) is 0 Å². The quantitative estimate of drug-likeness (QED) is 0.901. The molecule has 1 fully saturated rings. The van der Waals surface area contributed by atoms with Crippen LogP contribution in [-0.2, 0) is 7.05 Å². The van der Waals surface area contributed by atoms with Crippen LogP contribution in [0.1, 0.15) is 36.0 Å². The molecule has 1 aliphatic carbocycles. The maximum absolute atomic E-state index is 12.4. The molecule has 1 aliphatic rings. The van der Waals surface area contributed by atoms with Gasteiger partial charge in [-0.15, -0.1) is 0 Å². The number of amides is 1. The van der Waals surface area contributed by atoms with Gasteiger partial charge in [0.15, 0.2) is 0 Å². The predicted octanol–water partition coefficient (Wildman–Crippen LogP) is 1.76. The number of nitrogens with zero attached hydrogens (tertiary/aromatic N) is 3. The SMILES string of the molecule is Cn1cc(-c2cncc(C(=O)NC3CCC(CO)CC3)c2)cn1. The van der Waals surface area contributed by atoms with Gasteiger partial charge in [-0.3, -0.25) is 14.5 Å². The molecule has 6 nitrogen and oxygen atoms in total. The lowest BCUT2D eigenvalue weighted by Gasteiger charge is -2.27. The van der Waals surface area contributed by atoms with Gasteiger partial charge < -0.3 is 10.4 Å². The highest BCUT2D eigenvalue weighted by Gasteiger charge is 2.22. The minimum atomic E-state index is -0.0873. The number of aliphatic hydroxyl groups excluding tert-OH is 1. The molecule has 0 saturated heterocycles. The minimum absolute atomic E-state index is 0.0873. The lowest BCUT2D eigenvalue weighted by atomic mass is 9.86. The molecule has 3 rings (SSSR count). The topological polar surface area (TPSA) is 80.0 Å². The summed E-state index contributed by atoms with van der Waals surface area (Å²) in [5, 5.41) is 16.4. The summed E-state index contributed by atoms with van der Waals surface area (Å²) in [6.45, 7) is 0.248. The Morgan fingerprint density at radius 1 is 1.26 bits per heavy atom. The molecular formula is C17H22N4O2. The van der Waals surface area contributed by atoms with Crippen LogP contribution in [0.5, 0.6) is 0 Å². The Labute approximate surface area is 135 Å². The van der Waals surface area contributed by atoms with Gasteiger partial charge in [0.2, 0.25) is 0 Å². The zero-order valence-corrected chi connectivity index (χ0v) is 13.3.